The zero-order chi connectivity index (χ0) is 56.6. The van der Waals surface area contributed by atoms with Gasteiger partial charge in [-0.05, 0) is 41.0 Å². The Kier molecular flexibility index (Phi) is 14.1. The molecule has 0 N–H and O–H groups in total. The Morgan fingerprint density at radius 3 is 0.658 bits per heavy atom. The Bertz CT molecular complexity index is 2850. The molecule has 0 nitrogen and oxygen atoms in total. The van der Waals surface area contributed by atoms with Gasteiger partial charge in [0.1, 0.15) is 6.15 Å². The molecule has 0 amide bonds. The van der Waals surface area contributed by atoms with E-state index in [1.807, 2.05) is 0 Å². The van der Waals surface area contributed by atoms with E-state index in [9.17, 15) is 0 Å². The van der Waals surface area contributed by atoms with Gasteiger partial charge in [0.25, 0.3) is 0 Å². The van der Waals surface area contributed by atoms with E-state index in [4.69, 9.17) is 0 Å². The molecule has 0 aliphatic heterocycles. The van der Waals surface area contributed by atoms with E-state index in [-0.39, 0.29) is 0 Å². The van der Waals surface area contributed by atoms with Crippen molar-refractivity contribution in [2.45, 2.75) is 54.8 Å². The lowest BCUT2D eigenvalue weighted by molar-refractivity contribution is -0.144. The first-order valence-corrected chi connectivity index (χ1v) is 21.3. The highest BCUT2D eigenvalue weighted by atomic mass is 19.4. The maximum Gasteiger partial charge on any atom is 0.416 e. The largest absolute Gasteiger partial charge is 0.416 e. The first-order valence-electron chi connectivity index (χ1n) is 21.3. The van der Waals surface area contributed by atoms with Crippen LogP contribution in [0.15, 0.2) is 158 Å². The molecule has 402 valence electrons. The second-order valence-electron chi connectivity index (χ2n) is 17.2. The zero-order valence-corrected chi connectivity index (χ0v) is 37.2. The summed E-state index contributed by atoms with van der Waals surface area (Å²) in [6, 6.07) is 8.00. The lowest BCUT2D eigenvalue weighted by atomic mass is 9.12. The molecule has 0 unspecified atom stereocenters. The normalized spacial score (nSPS) is 13.8. The summed E-state index contributed by atoms with van der Waals surface area (Å²) in [5.74, 6) is 0. The van der Waals surface area contributed by atoms with Gasteiger partial charge < -0.3 is 0 Å². The third-order valence-corrected chi connectivity index (χ3v) is 12.6. The number of alkyl halides is 24. The van der Waals surface area contributed by atoms with E-state index in [1.54, 1.807) is 0 Å². The Morgan fingerprint density at radius 1 is 0.224 bits per heavy atom. The Morgan fingerprint density at radius 2 is 0.447 bits per heavy atom. The van der Waals surface area contributed by atoms with Crippen LogP contribution in [0, 0.1) is 0 Å². The molecule has 0 aliphatic carbocycles. The molecule has 0 aromatic heterocycles. The van der Waals surface area contributed by atoms with Crippen molar-refractivity contribution < 1.29 is 105 Å². The monoisotopic (exact) mass is 1110 g/mol. The van der Waals surface area contributed by atoms with Crippen LogP contribution >= 0.6 is 0 Å². The van der Waals surface area contributed by atoms with Crippen LogP contribution in [-0.2, 0) is 54.8 Å². The van der Waals surface area contributed by atoms with E-state index < -0.39 is 216 Å². The van der Waals surface area contributed by atoms with Crippen molar-refractivity contribution in [3.05, 3.63) is 224 Å². The summed E-state index contributed by atoms with van der Waals surface area (Å²) in [6.07, 6.45) is -56.3. The van der Waals surface area contributed by atoms with Crippen LogP contribution in [0.1, 0.15) is 66.8 Å². The zero-order valence-electron chi connectivity index (χ0n) is 37.2. The molecule has 76 heavy (non-hydrogen) atoms. The van der Waals surface area contributed by atoms with Gasteiger partial charge in [-0.15, -0.1) is 0 Å². The molecular formula is C51H26BF24-. The molecule has 0 saturated heterocycles. The minimum absolute atomic E-state index is 0.567. The van der Waals surface area contributed by atoms with Crippen molar-refractivity contribution in [3.8, 4) is 0 Å². The van der Waals surface area contributed by atoms with E-state index in [1.165, 1.54) is 18.2 Å². The third kappa shape index (κ3) is 10.7. The molecule has 0 bridgehead atoms. The maximum atomic E-state index is 16.5. The molecule has 0 heterocycles. The van der Waals surface area contributed by atoms with Crippen molar-refractivity contribution in [1.29, 1.82) is 0 Å². The smallest absolute Gasteiger partial charge is 0.194 e. The van der Waals surface area contributed by atoms with Crippen LogP contribution in [0.3, 0.4) is 0 Å². The first kappa shape index (κ1) is 56.6. The molecule has 0 atom stereocenters. The molecule has 0 fully saturated rings. The van der Waals surface area contributed by atoms with Crippen LogP contribution in [0.25, 0.3) is 0 Å². The molecular weight excluding hydrogens is 1080 g/mol. The van der Waals surface area contributed by atoms with Gasteiger partial charge in [0.2, 0.25) is 0 Å². The maximum absolute atomic E-state index is 16.5. The van der Waals surface area contributed by atoms with E-state index >= 15 is 105 Å². The van der Waals surface area contributed by atoms with E-state index in [0.717, 1.165) is 72.8 Å². The minimum atomic E-state index is -6.39. The summed E-state index contributed by atoms with van der Waals surface area (Å²) < 4.78 is 369. The fraction of sp³-hybridized carbons (Fsp3) is 0.176. The van der Waals surface area contributed by atoms with Crippen molar-refractivity contribution in [2.75, 3.05) is 0 Å². The molecule has 25 heteroatoms. The van der Waals surface area contributed by atoms with Gasteiger partial charge in [-0.2, -0.15) is 127 Å². The van der Waals surface area contributed by atoms with Gasteiger partial charge in [0.15, 0.2) is 0 Å². The Hall–Kier alpha value is -7.08. The summed E-state index contributed by atoms with van der Waals surface area (Å²) >= 11 is 0. The van der Waals surface area contributed by atoms with Crippen molar-refractivity contribution >= 4 is 28.0 Å². The lowest BCUT2D eigenvalue weighted by Gasteiger charge is -2.51. The van der Waals surface area contributed by atoms with Crippen LogP contribution in [0.2, 0.25) is 0 Å². The molecule has 0 radical (unpaired) electrons. The number of benzene rings is 7. The highest BCUT2D eigenvalue weighted by Gasteiger charge is 2.53. The fourth-order valence-corrected chi connectivity index (χ4v) is 9.61. The van der Waals surface area contributed by atoms with Gasteiger partial charge in [0, 0.05) is 0 Å². The Labute approximate surface area is 412 Å². The van der Waals surface area contributed by atoms with Gasteiger partial charge in [-0.3, -0.25) is 0 Å². The average Bonchev–Trinajstić information content (AvgIpc) is 3.31. The number of hydrogen-bond acceptors (Lipinski definition) is 0. The summed E-state index contributed by atoms with van der Waals surface area (Å²) in [4.78, 5) is 0. The van der Waals surface area contributed by atoms with Crippen LogP contribution in [-0.4, -0.2) is 6.15 Å². The summed E-state index contributed by atoms with van der Waals surface area (Å²) in [6.45, 7) is 0. The average molecular weight is 1110 g/mol. The van der Waals surface area contributed by atoms with Gasteiger partial charge in [-0.25, -0.2) is 0 Å². The van der Waals surface area contributed by atoms with E-state index in [2.05, 4.69) is 0 Å². The highest BCUT2D eigenvalue weighted by Crippen LogP contribution is 2.51. The van der Waals surface area contributed by atoms with Gasteiger partial charge in [-0.1, -0.05) is 139 Å². The van der Waals surface area contributed by atoms with Crippen molar-refractivity contribution in [1.82, 2.24) is 0 Å². The second-order valence-corrected chi connectivity index (χ2v) is 17.2. The predicted molar refractivity (Wildman–Crippen MR) is 228 cm³/mol. The van der Waals surface area contributed by atoms with Crippen molar-refractivity contribution in [2.24, 2.45) is 0 Å². The standard InChI is InChI=1S/C51H26BF24/c53-44(54,55)30-16-31(45(56,57)58)20-37(19-30)52(38-21-32(46(59,60)61)17-33(22-38)47(62,63)64,39-23-34(48(65,66)67)18-35(24-39)49(68,69)70)41-26-36(50(71,72)73)25-40(51(74,75)76)42(41)43(27-10-4-1-5-11-27,28-12-6-2-7-13-28)29-14-8-3-9-15-29/h1-26H/q-1. The summed E-state index contributed by atoms with van der Waals surface area (Å²) in [5, 5.41) is 0. The van der Waals surface area contributed by atoms with Crippen molar-refractivity contribution in [3.63, 3.8) is 0 Å². The quantitative estimate of drug-likeness (QED) is 0.0808. The SMILES string of the molecule is FC(F)(F)c1cc([B-](c2cc(C(F)(F)F)cc(C(F)(F)F)c2)(c2cc(C(F)(F)F)cc(C(F)(F)F)c2)c2cc(C(F)(F)F)cc(C(F)(F)F)c2C(c2ccccc2)(c2ccccc2)c2ccccc2)cc(C(F)(F)F)c1. The van der Waals surface area contributed by atoms with Crippen LogP contribution in [0.5, 0.6) is 0 Å². The molecule has 0 spiro atoms. The van der Waals surface area contributed by atoms with E-state index in [0.29, 0.717) is 0 Å². The predicted octanol–water partition coefficient (Wildman–Crippen LogP) is 15.6. The van der Waals surface area contributed by atoms with Gasteiger partial charge in [0.05, 0.1) is 49.9 Å². The first-order chi connectivity index (χ1) is 34.7. The molecule has 7 aromatic rings. The summed E-state index contributed by atoms with van der Waals surface area (Å²) in [7, 11) is 0. The highest BCUT2D eigenvalue weighted by molar-refractivity contribution is 7.20. The third-order valence-electron chi connectivity index (χ3n) is 12.6. The minimum Gasteiger partial charge on any atom is -0.194 e. The van der Waals surface area contributed by atoms with Crippen LogP contribution < -0.4 is 21.9 Å². The lowest BCUT2D eigenvalue weighted by Crippen LogP contribution is -2.77. The number of hydrogen-bond donors (Lipinski definition) is 0. The second kappa shape index (κ2) is 18.9. The fourth-order valence-electron chi connectivity index (χ4n) is 9.61. The number of halogens is 24. The van der Waals surface area contributed by atoms with Crippen LogP contribution in [0.4, 0.5) is 105 Å². The summed E-state index contributed by atoms with van der Waals surface area (Å²) in [5.41, 5.74) is -37.6. The Balaban J connectivity index is 2.07. The molecule has 0 aliphatic rings. The molecule has 0 saturated carbocycles. The molecule has 7 aromatic carbocycles. The topological polar surface area (TPSA) is 0 Å². The number of rotatable bonds is 8. The van der Waals surface area contributed by atoms with Gasteiger partial charge >= 0.3 is 49.4 Å². The molecule has 7 rings (SSSR count).